The van der Waals surface area contributed by atoms with Crippen LogP contribution in [0.1, 0.15) is 32.6 Å². The van der Waals surface area contributed by atoms with E-state index in [4.69, 9.17) is 5.11 Å². The van der Waals surface area contributed by atoms with Crippen LogP contribution < -0.4 is 0 Å². The van der Waals surface area contributed by atoms with Crippen molar-refractivity contribution in [2.24, 2.45) is 5.92 Å². The summed E-state index contributed by atoms with van der Waals surface area (Å²) in [5.74, 6) is 0.669. The van der Waals surface area contributed by atoms with Crippen LogP contribution in [-0.4, -0.2) is 22.4 Å². The summed E-state index contributed by atoms with van der Waals surface area (Å²) in [5, 5.41) is 18.1. The van der Waals surface area contributed by atoms with Gasteiger partial charge in [-0.3, -0.25) is 0 Å². The Hall–Kier alpha value is -0.0800. The molecule has 10 heavy (non-hydrogen) atoms. The molecule has 0 aromatic heterocycles. The molecule has 1 fully saturated rings. The summed E-state index contributed by atoms with van der Waals surface area (Å²) < 4.78 is 0. The zero-order chi connectivity index (χ0) is 7.61. The Morgan fingerprint density at radius 3 is 2.40 bits per heavy atom. The van der Waals surface area contributed by atoms with Gasteiger partial charge in [0, 0.05) is 0 Å². The Bertz CT molecular complexity index is 106. The monoisotopic (exact) mass is 144 g/mol. The van der Waals surface area contributed by atoms with Crippen LogP contribution in [0.5, 0.6) is 0 Å². The number of rotatable bonds is 3. The third-order valence-corrected chi connectivity index (χ3v) is 2.29. The summed E-state index contributed by atoms with van der Waals surface area (Å²) in [6.07, 6.45) is 4.53. The van der Waals surface area contributed by atoms with E-state index in [2.05, 4.69) is 0 Å². The largest absolute Gasteiger partial charge is 0.393 e. The van der Waals surface area contributed by atoms with Crippen LogP contribution in [0.25, 0.3) is 0 Å². The number of aliphatic hydroxyl groups is 2. The molecule has 0 aliphatic heterocycles. The molecule has 2 nitrogen and oxygen atoms in total. The minimum atomic E-state index is -0.828. The fourth-order valence-corrected chi connectivity index (χ4v) is 1.38. The Morgan fingerprint density at radius 1 is 1.50 bits per heavy atom. The lowest BCUT2D eigenvalue weighted by Gasteiger charge is -2.32. The molecule has 2 heteroatoms. The molecule has 1 rings (SSSR count). The molecule has 1 unspecified atom stereocenters. The molecule has 1 aliphatic rings. The molecule has 0 saturated heterocycles. The van der Waals surface area contributed by atoms with Crippen molar-refractivity contribution in [3.8, 4) is 0 Å². The highest BCUT2D eigenvalue weighted by molar-refractivity contribution is 4.80. The van der Waals surface area contributed by atoms with Gasteiger partial charge in [-0.25, -0.2) is 0 Å². The van der Waals surface area contributed by atoms with Gasteiger partial charge in [0.2, 0.25) is 0 Å². The normalized spacial score (nSPS) is 25.5. The molecule has 0 bridgehead atoms. The van der Waals surface area contributed by atoms with Crippen LogP contribution in [0, 0.1) is 5.92 Å². The van der Waals surface area contributed by atoms with E-state index in [1.54, 1.807) is 6.92 Å². The zero-order valence-electron chi connectivity index (χ0n) is 6.51. The van der Waals surface area contributed by atoms with E-state index in [1.807, 2.05) is 0 Å². The van der Waals surface area contributed by atoms with E-state index < -0.39 is 5.60 Å². The summed E-state index contributed by atoms with van der Waals surface area (Å²) in [6, 6.07) is 0. The fourth-order valence-electron chi connectivity index (χ4n) is 1.38. The lowest BCUT2D eigenvalue weighted by molar-refractivity contribution is -0.0264. The van der Waals surface area contributed by atoms with Crippen molar-refractivity contribution < 1.29 is 10.2 Å². The van der Waals surface area contributed by atoms with E-state index in [9.17, 15) is 5.11 Å². The predicted molar refractivity (Wildman–Crippen MR) is 39.7 cm³/mol. The van der Waals surface area contributed by atoms with Crippen LogP contribution >= 0.6 is 0 Å². The SMILES string of the molecule is CC(O)(CO)CC1CCC1. The number of hydrogen-bond acceptors (Lipinski definition) is 2. The molecule has 1 saturated carbocycles. The molecule has 60 valence electrons. The maximum absolute atomic E-state index is 9.41. The lowest BCUT2D eigenvalue weighted by atomic mass is 9.78. The van der Waals surface area contributed by atoms with Gasteiger partial charge < -0.3 is 10.2 Å². The standard InChI is InChI=1S/C8H16O2/c1-8(10,6-9)5-7-3-2-4-7/h7,9-10H,2-6H2,1H3. The first-order chi connectivity index (χ1) is 4.64. The van der Waals surface area contributed by atoms with E-state index in [0.29, 0.717) is 5.92 Å². The molecule has 0 aromatic rings. The maximum Gasteiger partial charge on any atom is 0.0852 e. The van der Waals surface area contributed by atoms with Crippen LogP contribution in [-0.2, 0) is 0 Å². The second-order valence-electron chi connectivity index (χ2n) is 3.66. The molecule has 0 amide bonds. The van der Waals surface area contributed by atoms with Crippen molar-refractivity contribution in [3.63, 3.8) is 0 Å². The smallest absolute Gasteiger partial charge is 0.0852 e. The summed E-state index contributed by atoms with van der Waals surface area (Å²) in [4.78, 5) is 0. The Kier molecular flexibility index (Phi) is 2.32. The minimum Gasteiger partial charge on any atom is -0.393 e. The van der Waals surface area contributed by atoms with Crippen molar-refractivity contribution in [1.29, 1.82) is 0 Å². The van der Waals surface area contributed by atoms with Gasteiger partial charge in [0.05, 0.1) is 12.2 Å². The minimum absolute atomic E-state index is 0.108. The molecule has 0 spiro atoms. The second kappa shape index (κ2) is 2.89. The molecular formula is C8H16O2. The highest BCUT2D eigenvalue weighted by atomic mass is 16.3. The summed E-state index contributed by atoms with van der Waals surface area (Å²) in [5.41, 5.74) is -0.828. The quantitative estimate of drug-likeness (QED) is 0.618. The molecule has 1 atom stereocenters. The van der Waals surface area contributed by atoms with Gasteiger partial charge in [-0.05, 0) is 19.3 Å². The van der Waals surface area contributed by atoms with Crippen molar-refractivity contribution in [2.45, 2.75) is 38.2 Å². The number of aliphatic hydroxyl groups excluding tert-OH is 1. The van der Waals surface area contributed by atoms with E-state index in [-0.39, 0.29) is 6.61 Å². The maximum atomic E-state index is 9.41. The van der Waals surface area contributed by atoms with Crippen LogP contribution in [0.2, 0.25) is 0 Å². The molecule has 0 aromatic carbocycles. The highest BCUT2D eigenvalue weighted by Gasteiger charge is 2.27. The average molecular weight is 144 g/mol. The van der Waals surface area contributed by atoms with Gasteiger partial charge >= 0.3 is 0 Å². The average Bonchev–Trinajstić information content (AvgIpc) is 1.80. The third kappa shape index (κ3) is 1.96. The topological polar surface area (TPSA) is 40.5 Å². The van der Waals surface area contributed by atoms with E-state index in [1.165, 1.54) is 19.3 Å². The zero-order valence-corrected chi connectivity index (χ0v) is 6.51. The van der Waals surface area contributed by atoms with E-state index in [0.717, 1.165) is 6.42 Å². The van der Waals surface area contributed by atoms with Crippen molar-refractivity contribution >= 4 is 0 Å². The lowest BCUT2D eigenvalue weighted by Crippen LogP contribution is -2.33. The Morgan fingerprint density at radius 2 is 2.10 bits per heavy atom. The van der Waals surface area contributed by atoms with Crippen molar-refractivity contribution in [3.05, 3.63) is 0 Å². The molecule has 2 N–H and O–H groups in total. The van der Waals surface area contributed by atoms with Crippen molar-refractivity contribution in [1.82, 2.24) is 0 Å². The first-order valence-corrected chi connectivity index (χ1v) is 3.97. The van der Waals surface area contributed by atoms with Gasteiger partial charge in [-0.1, -0.05) is 19.3 Å². The summed E-state index contributed by atoms with van der Waals surface area (Å²) in [7, 11) is 0. The second-order valence-corrected chi connectivity index (χ2v) is 3.66. The first kappa shape index (κ1) is 8.02. The van der Waals surface area contributed by atoms with Crippen molar-refractivity contribution in [2.75, 3.05) is 6.61 Å². The van der Waals surface area contributed by atoms with Gasteiger partial charge in [0.15, 0.2) is 0 Å². The van der Waals surface area contributed by atoms with Gasteiger partial charge in [-0.15, -0.1) is 0 Å². The molecule has 0 heterocycles. The summed E-state index contributed by atoms with van der Waals surface area (Å²) in [6.45, 7) is 1.59. The van der Waals surface area contributed by atoms with Crippen LogP contribution in [0.3, 0.4) is 0 Å². The summed E-state index contributed by atoms with van der Waals surface area (Å²) >= 11 is 0. The fraction of sp³-hybridized carbons (Fsp3) is 1.00. The predicted octanol–water partition coefficient (Wildman–Crippen LogP) is 0.920. The van der Waals surface area contributed by atoms with Crippen LogP contribution in [0.15, 0.2) is 0 Å². The Balaban J connectivity index is 2.21. The van der Waals surface area contributed by atoms with Gasteiger partial charge in [0.25, 0.3) is 0 Å². The molecule has 0 radical (unpaired) electrons. The number of hydrogen-bond donors (Lipinski definition) is 2. The van der Waals surface area contributed by atoms with Gasteiger partial charge in [-0.2, -0.15) is 0 Å². The molecular weight excluding hydrogens is 128 g/mol. The Labute approximate surface area is 61.9 Å². The highest BCUT2D eigenvalue weighted by Crippen LogP contribution is 2.33. The van der Waals surface area contributed by atoms with Crippen LogP contribution in [0.4, 0.5) is 0 Å². The van der Waals surface area contributed by atoms with E-state index >= 15 is 0 Å². The third-order valence-electron chi connectivity index (χ3n) is 2.29. The first-order valence-electron chi connectivity index (χ1n) is 3.97. The molecule has 1 aliphatic carbocycles. The van der Waals surface area contributed by atoms with Gasteiger partial charge in [0.1, 0.15) is 0 Å².